The molecule has 7 nitrogen and oxygen atoms in total. The lowest BCUT2D eigenvalue weighted by Crippen LogP contribution is -2.43. The van der Waals surface area contributed by atoms with Crippen LogP contribution in [0.5, 0.6) is 0 Å². The molecule has 1 saturated heterocycles. The van der Waals surface area contributed by atoms with Crippen LogP contribution in [0.2, 0.25) is 0 Å². The molecule has 0 saturated carbocycles. The van der Waals surface area contributed by atoms with Crippen molar-refractivity contribution in [2.24, 2.45) is 13.0 Å². The van der Waals surface area contributed by atoms with Crippen molar-refractivity contribution in [3.05, 3.63) is 5.69 Å². The summed E-state index contributed by atoms with van der Waals surface area (Å²) in [6, 6.07) is 0. The van der Waals surface area contributed by atoms with E-state index in [1.54, 1.807) is 11.3 Å². The minimum Gasteiger partial charge on any atom is -0.396 e. The fraction of sp³-hybridized carbons (Fsp3) is 0.667. The topological polar surface area (TPSA) is 83.3 Å². The molecule has 2 aromatic rings. The Balaban J connectivity index is 1.69. The molecule has 0 radical (unpaired) electrons. The van der Waals surface area contributed by atoms with Crippen LogP contribution < -0.4 is 10.2 Å². The molecule has 1 aliphatic rings. The van der Waals surface area contributed by atoms with Crippen molar-refractivity contribution in [3.8, 4) is 0 Å². The summed E-state index contributed by atoms with van der Waals surface area (Å²) in [6.45, 7) is 4.29. The number of carbonyl (C=O) groups is 1. The lowest BCUT2D eigenvalue weighted by Gasteiger charge is -2.31. The second-order valence-electron chi connectivity index (χ2n) is 6.01. The van der Waals surface area contributed by atoms with Gasteiger partial charge >= 0.3 is 0 Å². The Morgan fingerprint density at radius 1 is 1.52 bits per heavy atom. The molecule has 23 heavy (non-hydrogen) atoms. The van der Waals surface area contributed by atoms with E-state index in [4.69, 9.17) is 10.1 Å². The fourth-order valence-corrected chi connectivity index (χ4v) is 4.08. The summed E-state index contributed by atoms with van der Waals surface area (Å²) in [5, 5.41) is 17.1. The van der Waals surface area contributed by atoms with E-state index in [9.17, 15) is 4.79 Å². The first-order valence-corrected chi connectivity index (χ1v) is 8.85. The normalized spacial score (nSPS) is 18.6. The highest BCUT2D eigenvalue weighted by molar-refractivity contribution is 7.22. The number of hydrogen-bond donors (Lipinski definition) is 2. The van der Waals surface area contributed by atoms with Gasteiger partial charge in [-0.1, -0.05) is 11.3 Å². The Labute approximate surface area is 139 Å². The lowest BCUT2D eigenvalue weighted by atomic mass is 9.97. The molecular formula is C15H23N5O2S. The van der Waals surface area contributed by atoms with Crippen molar-refractivity contribution < 1.29 is 9.90 Å². The molecule has 1 aliphatic heterocycles. The van der Waals surface area contributed by atoms with Gasteiger partial charge in [-0.05, 0) is 26.2 Å². The monoisotopic (exact) mass is 337 g/mol. The molecule has 2 aromatic heterocycles. The Bertz CT molecular complexity index is 661. The zero-order chi connectivity index (χ0) is 16.4. The number of aryl methyl sites for hydroxylation is 2. The van der Waals surface area contributed by atoms with Crippen LogP contribution in [0.4, 0.5) is 5.13 Å². The molecule has 1 fully saturated rings. The van der Waals surface area contributed by atoms with Crippen LogP contribution in [0.1, 0.15) is 25.0 Å². The number of anilines is 1. The molecule has 0 aliphatic carbocycles. The summed E-state index contributed by atoms with van der Waals surface area (Å²) in [5.41, 5.74) is 1.92. The second-order valence-corrected chi connectivity index (χ2v) is 6.99. The largest absolute Gasteiger partial charge is 0.396 e. The summed E-state index contributed by atoms with van der Waals surface area (Å²) in [4.78, 5) is 19.1. The van der Waals surface area contributed by atoms with Crippen LogP contribution in [0.25, 0.3) is 10.3 Å². The van der Waals surface area contributed by atoms with Gasteiger partial charge < -0.3 is 15.3 Å². The first kappa shape index (κ1) is 16.2. The average molecular weight is 337 g/mol. The van der Waals surface area contributed by atoms with Gasteiger partial charge in [-0.25, -0.2) is 9.67 Å². The van der Waals surface area contributed by atoms with E-state index in [2.05, 4.69) is 15.3 Å². The van der Waals surface area contributed by atoms with Gasteiger partial charge in [-0.2, -0.15) is 5.10 Å². The Hall–Kier alpha value is -1.67. The summed E-state index contributed by atoms with van der Waals surface area (Å²) < 4.78 is 2.94. The predicted octanol–water partition coefficient (Wildman–Crippen LogP) is 1.05. The van der Waals surface area contributed by atoms with Crippen LogP contribution in [0.3, 0.4) is 0 Å². The first-order valence-electron chi connectivity index (χ1n) is 8.04. The van der Waals surface area contributed by atoms with Gasteiger partial charge in [0, 0.05) is 33.3 Å². The molecule has 1 amide bonds. The summed E-state index contributed by atoms with van der Waals surface area (Å²) in [6.07, 6.45) is 2.50. The quantitative estimate of drug-likeness (QED) is 0.797. The van der Waals surface area contributed by atoms with Crippen molar-refractivity contribution >= 4 is 32.7 Å². The molecule has 8 heteroatoms. The third kappa shape index (κ3) is 3.32. The molecule has 0 spiro atoms. The molecule has 3 rings (SSSR count). The average Bonchev–Trinajstić information content (AvgIpc) is 3.10. The number of thiazole rings is 1. The summed E-state index contributed by atoms with van der Waals surface area (Å²) >= 11 is 1.65. The van der Waals surface area contributed by atoms with Gasteiger partial charge in [-0.15, -0.1) is 0 Å². The summed E-state index contributed by atoms with van der Waals surface area (Å²) in [7, 11) is 1.91. The highest BCUT2D eigenvalue weighted by atomic mass is 32.1. The van der Waals surface area contributed by atoms with E-state index in [0.717, 1.165) is 40.6 Å². The zero-order valence-corrected chi connectivity index (χ0v) is 14.4. The van der Waals surface area contributed by atoms with Crippen molar-refractivity contribution in [1.82, 2.24) is 20.1 Å². The smallest absolute Gasteiger partial charge is 0.224 e. The number of hydrogen-bond acceptors (Lipinski definition) is 6. The Kier molecular flexibility index (Phi) is 4.82. The first-order chi connectivity index (χ1) is 11.1. The fourth-order valence-electron chi connectivity index (χ4n) is 3.01. The van der Waals surface area contributed by atoms with Crippen LogP contribution >= 0.6 is 11.3 Å². The minimum atomic E-state index is -0.00585. The predicted molar refractivity (Wildman–Crippen MR) is 90.8 cm³/mol. The molecular weight excluding hydrogens is 314 g/mol. The third-order valence-corrected chi connectivity index (χ3v) is 5.44. The lowest BCUT2D eigenvalue weighted by molar-refractivity contribution is -0.125. The molecule has 3 heterocycles. The number of amides is 1. The number of aromatic nitrogens is 3. The van der Waals surface area contributed by atoms with Gasteiger partial charge in [0.15, 0.2) is 10.8 Å². The highest BCUT2D eigenvalue weighted by Crippen LogP contribution is 2.33. The van der Waals surface area contributed by atoms with Crippen molar-refractivity contribution in [2.75, 3.05) is 31.1 Å². The van der Waals surface area contributed by atoms with Crippen molar-refractivity contribution in [2.45, 2.75) is 26.2 Å². The number of fused-ring (bicyclic) bond motifs is 1. The van der Waals surface area contributed by atoms with Gasteiger partial charge in [0.1, 0.15) is 0 Å². The van der Waals surface area contributed by atoms with Crippen LogP contribution in [0, 0.1) is 12.8 Å². The highest BCUT2D eigenvalue weighted by Gasteiger charge is 2.27. The molecule has 1 atom stereocenters. The van der Waals surface area contributed by atoms with Crippen LogP contribution in [-0.2, 0) is 11.8 Å². The van der Waals surface area contributed by atoms with Gasteiger partial charge in [0.2, 0.25) is 5.91 Å². The SMILES string of the molecule is Cc1nn(C)c2nc(N3CCC[C@@H](C(=O)NCCCO)C3)sc12. The van der Waals surface area contributed by atoms with Crippen LogP contribution in [0.15, 0.2) is 0 Å². The van der Waals surface area contributed by atoms with E-state index in [1.165, 1.54) is 0 Å². The molecule has 0 aromatic carbocycles. The number of aliphatic hydroxyl groups excluding tert-OH is 1. The van der Waals surface area contributed by atoms with E-state index in [1.807, 2.05) is 18.7 Å². The number of piperidine rings is 1. The maximum absolute atomic E-state index is 12.2. The Morgan fingerprint density at radius 2 is 2.35 bits per heavy atom. The summed E-state index contributed by atoms with van der Waals surface area (Å²) in [5.74, 6) is 0.0794. The zero-order valence-electron chi connectivity index (χ0n) is 13.6. The van der Waals surface area contributed by atoms with E-state index < -0.39 is 0 Å². The number of nitrogens with zero attached hydrogens (tertiary/aromatic N) is 4. The number of carbonyl (C=O) groups excluding carboxylic acids is 1. The molecule has 0 bridgehead atoms. The van der Waals surface area contributed by atoms with Crippen molar-refractivity contribution in [1.29, 1.82) is 0 Å². The maximum Gasteiger partial charge on any atom is 0.224 e. The number of aliphatic hydroxyl groups is 1. The molecule has 2 N–H and O–H groups in total. The van der Waals surface area contributed by atoms with Gasteiger partial charge in [0.25, 0.3) is 0 Å². The van der Waals surface area contributed by atoms with E-state index >= 15 is 0 Å². The Morgan fingerprint density at radius 3 is 3.09 bits per heavy atom. The van der Waals surface area contributed by atoms with Gasteiger partial charge in [0.05, 0.1) is 16.3 Å². The van der Waals surface area contributed by atoms with Gasteiger partial charge in [-0.3, -0.25) is 4.79 Å². The third-order valence-electron chi connectivity index (χ3n) is 4.23. The van der Waals surface area contributed by atoms with Crippen molar-refractivity contribution in [3.63, 3.8) is 0 Å². The van der Waals surface area contributed by atoms with E-state index in [-0.39, 0.29) is 18.4 Å². The molecule has 0 unspecified atom stereocenters. The minimum absolute atomic E-state index is 0.00585. The van der Waals surface area contributed by atoms with E-state index in [0.29, 0.717) is 19.5 Å². The standard InChI is InChI=1S/C15H23N5O2S/c1-10-12-13(19(2)18-10)17-15(23-12)20-7-3-5-11(9-20)14(22)16-6-4-8-21/h11,21H,3-9H2,1-2H3,(H,16,22)/t11-/m1/s1. The van der Waals surface area contributed by atoms with Crippen LogP contribution in [-0.4, -0.2) is 52.0 Å². The second kappa shape index (κ2) is 6.84. The number of rotatable bonds is 5. The molecule has 126 valence electrons. The maximum atomic E-state index is 12.2. The number of nitrogens with one attached hydrogen (secondary N) is 1.